The zero-order valence-corrected chi connectivity index (χ0v) is 29.9. The average Bonchev–Trinajstić information content (AvgIpc) is 3.87. The number of allylic oxidation sites excluding steroid dienone is 2. The minimum Gasteiger partial charge on any atom is -0.391 e. The molecule has 2 amide bonds. The van der Waals surface area contributed by atoms with E-state index in [9.17, 15) is 9.50 Å². The number of nitrogens with one attached hydrogen (secondary N) is 1. The number of urea groups is 1. The van der Waals surface area contributed by atoms with E-state index in [0.29, 0.717) is 38.2 Å². The third-order valence-electron chi connectivity index (χ3n) is 10.5. The number of ether oxygens (including phenoxy) is 2. The highest BCUT2D eigenvalue weighted by Gasteiger charge is 2.71. The van der Waals surface area contributed by atoms with Gasteiger partial charge in [-0.2, -0.15) is 5.10 Å². The zero-order valence-electron chi connectivity index (χ0n) is 29.9. The van der Waals surface area contributed by atoms with Gasteiger partial charge in [0.15, 0.2) is 0 Å². The molecule has 2 aromatic carbocycles. The van der Waals surface area contributed by atoms with Crippen LogP contribution in [0.3, 0.4) is 0 Å². The number of carbonyl (C=O) groups is 1. The number of aliphatic hydroxyl groups is 1. The first-order valence-corrected chi connectivity index (χ1v) is 17.5. The minimum atomic E-state index is -1.72. The Hall–Kier alpha value is -4.09. The maximum atomic E-state index is 15.9. The van der Waals surface area contributed by atoms with Crippen LogP contribution in [0, 0.1) is 17.0 Å². The fourth-order valence-corrected chi connectivity index (χ4v) is 7.77. The van der Waals surface area contributed by atoms with Gasteiger partial charge in [0.25, 0.3) is 0 Å². The topological polar surface area (TPSA) is 121 Å². The van der Waals surface area contributed by atoms with Crippen LogP contribution in [0.25, 0.3) is 0 Å². The maximum Gasteiger partial charge on any atom is 0.340 e. The van der Waals surface area contributed by atoms with Crippen LogP contribution in [0.15, 0.2) is 85.5 Å². The summed E-state index contributed by atoms with van der Waals surface area (Å²) in [5, 5.41) is 22.1. The predicted molar refractivity (Wildman–Crippen MR) is 185 cm³/mol. The summed E-state index contributed by atoms with van der Waals surface area (Å²) in [5.41, 5.74) is -4.32. The van der Waals surface area contributed by atoms with Crippen molar-refractivity contribution in [1.29, 1.82) is 0 Å². The Balaban J connectivity index is 1.47. The molecule has 4 heterocycles. The highest BCUT2D eigenvalue weighted by molar-refractivity contribution is 5.79. The highest BCUT2D eigenvalue weighted by Crippen LogP contribution is 2.54. The van der Waals surface area contributed by atoms with Crippen LogP contribution in [0.5, 0.6) is 0 Å². The molecule has 3 saturated heterocycles. The van der Waals surface area contributed by atoms with Crippen molar-refractivity contribution in [3.05, 3.63) is 108 Å². The van der Waals surface area contributed by atoms with Crippen LogP contribution in [-0.2, 0) is 32.1 Å². The number of benzene rings is 2. The molecule has 15 heteroatoms. The monoisotopic (exact) mass is 720 g/mol. The van der Waals surface area contributed by atoms with Crippen molar-refractivity contribution in [1.82, 2.24) is 40.1 Å². The Morgan fingerprint density at radius 1 is 1.12 bits per heavy atom. The lowest BCUT2D eigenvalue weighted by Crippen LogP contribution is -2.72. The molecule has 5 atom stereocenters. The number of aromatic nitrogens is 3. The number of carbonyl (C=O) groups excluding carboxylic acids is 1. The summed E-state index contributed by atoms with van der Waals surface area (Å²) in [5.74, 6) is -1.57. The lowest BCUT2D eigenvalue weighted by molar-refractivity contribution is -0.363. The average molecular weight is 721 g/mol. The quantitative estimate of drug-likeness (QED) is 0.321. The van der Waals surface area contributed by atoms with E-state index in [1.807, 2.05) is 75.4 Å². The molecule has 7 rings (SSSR count). The second-order valence-electron chi connectivity index (χ2n) is 14.7. The number of hydrogen-bond acceptors (Lipinski definition) is 10. The van der Waals surface area contributed by atoms with Crippen molar-refractivity contribution in [2.75, 3.05) is 46.4 Å². The number of β-amino-alcohol motifs (C(OH)–C–C–N with tert-alkyl or cyclic N) is 1. The number of aliphatic hydroxyl groups excluding tert-OH is 1. The third-order valence-corrected chi connectivity index (χ3v) is 10.5. The second-order valence-corrected chi connectivity index (χ2v) is 14.7. The first kappa shape index (κ1) is 36.3. The van der Waals surface area contributed by atoms with Crippen molar-refractivity contribution < 1.29 is 33.0 Å². The number of hydroxylamine groups is 1. The van der Waals surface area contributed by atoms with Gasteiger partial charge in [-0.1, -0.05) is 80.6 Å². The minimum absolute atomic E-state index is 0.0458. The summed E-state index contributed by atoms with van der Waals surface area (Å²) in [6, 6.07) is 12.2. The molecular weight excluding hydrogens is 674 g/mol. The molecule has 0 saturated carbocycles. The fraction of sp³-hybridized carbons (Fsp3) is 0.486. The Morgan fingerprint density at radius 2 is 1.88 bits per heavy atom. The van der Waals surface area contributed by atoms with Gasteiger partial charge in [-0.3, -0.25) is 14.6 Å². The fourth-order valence-electron chi connectivity index (χ4n) is 7.77. The molecule has 0 radical (unpaired) electrons. The summed E-state index contributed by atoms with van der Waals surface area (Å²) in [7, 11) is 1.45. The Kier molecular flexibility index (Phi) is 9.80. The Labute approximate surface area is 302 Å². The normalized spacial score (nSPS) is 29.4. The maximum absolute atomic E-state index is 15.9. The molecule has 3 aromatic rings. The van der Waals surface area contributed by atoms with Crippen LogP contribution in [0.2, 0.25) is 0 Å². The third kappa shape index (κ3) is 6.03. The van der Waals surface area contributed by atoms with Gasteiger partial charge in [0.1, 0.15) is 35.6 Å². The van der Waals surface area contributed by atoms with Crippen molar-refractivity contribution in [2.45, 2.75) is 63.1 Å². The molecule has 1 aliphatic carbocycles. The van der Waals surface area contributed by atoms with Gasteiger partial charge >= 0.3 is 6.03 Å². The van der Waals surface area contributed by atoms with E-state index in [-0.39, 0.29) is 25.3 Å². The van der Waals surface area contributed by atoms with Gasteiger partial charge in [-0.25, -0.2) is 28.3 Å². The van der Waals surface area contributed by atoms with E-state index in [1.54, 1.807) is 4.90 Å². The van der Waals surface area contributed by atoms with Gasteiger partial charge in [0, 0.05) is 49.8 Å². The molecule has 13 nitrogen and oxygen atoms in total. The van der Waals surface area contributed by atoms with Crippen molar-refractivity contribution >= 4 is 6.03 Å². The molecule has 3 fully saturated rings. The number of piperazine rings is 1. The first-order chi connectivity index (χ1) is 25.0. The number of rotatable bonds is 10. The van der Waals surface area contributed by atoms with Gasteiger partial charge in [0.2, 0.25) is 12.0 Å². The van der Waals surface area contributed by atoms with E-state index in [2.05, 4.69) is 20.3 Å². The van der Waals surface area contributed by atoms with E-state index >= 15 is 9.18 Å². The second kappa shape index (κ2) is 14.0. The van der Waals surface area contributed by atoms with Gasteiger partial charge in [-0.05, 0) is 17.6 Å². The SMILES string of the molecule is CON1N(CC(O)C(C)(C)C)C(=O)N(C2(N3CCNCC3)C=CC=CC2)C1(c1ccccc1)C1OCC(Cn2cncn2)(c2ccc(F)cc2F)O1. The Bertz CT molecular complexity index is 1790. The van der Waals surface area contributed by atoms with Gasteiger partial charge in [-0.15, -0.1) is 0 Å². The standard InChI is InChI=1S/C37H46F2N8O5/c1-34(2,3)31(48)22-45-33(49)46(36(15-9-6-10-16-36)43-19-17-40-18-20-43)37(47(45)50-4,27-11-7-5-8-12-27)32-51-24-35(52-32,23-44-26-41-25-42-44)29-14-13-28(38)21-30(29)39/h5-15,21,25-26,31-32,40,48H,16-20,22-24H2,1-4H3. The van der Waals surface area contributed by atoms with Crippen LogP contribution in [0.4, 0.5) is 13.6 Å². The van der Waals surface area contributed by atoms with Crippen molar-refractivity contribution in [3.8, 4) is 0 Å². The molecular formula is C37H46F2N8O5. The molecule has 2 N–H and O–H groups in total. The van der Waals surface area contributed by atoms with Gasteiger partial charge in [0.05, 0.1) is 32.9 Å². The van der Waals surface area contributed by atoms with E-state index in [1.165, 1.54) is 46.8 Å². The van der Waals surface area contributed by atoms with Crippen LogP contribution in [0.1, 0.15) is 38.3 Å². The molecule has 0 bridgehead atoms. The van der Waals surface area contributed by atoms with E-state index in [4.69, 9.17) is 14.3 Å². The largest absolute Gasteiger partial charge is 0.391 e. The lowest BCUT2D eigenvalue weighted by Gasteiger charge is -2.55. The highest BCUT2D eigenvalue weighted by atomic mass is 19.1. The number of nitrogens with zero attached hydrogens (tertiary/aromatic N) is 7. The molecule has 278 valence electrons. The molecule has 4 aliphatic rings. The molecule has 1 aromatic heterocycles. The summed E-state index contributed by atoms with van der Waals surface area (Å²) in [6.45, 7) is 7.95. The van der Waals surface area contributed by atoms with Crippen molar-refractivity contribution in [2.24, 2.45) is 5.41 Å². The van der Waals surface area contributed by atoms with E-state index in [0.717, 1.165) is 6.07 Å². The van der Waals surface area contributed by atoms with Crippen LogP contribution < -0.4 is 5.32 Å². The van der Waals surface area contributed by atoms with Crippen molar-refractivity contribution in [3.63, 3.8) is 0 Å². The summed E-state index contributed by atoms with van der Waals surface area (Å²) in [6.07, 6.45) is 8.86. The number of hydrogen-bond donors (Lipinski definition) is 2. The molecule has 0 spiro atoms. The van der Waals surface area contributed by atoms with Crippen LogP contribution >= 0.6 is 0 Å². The number of amides is 2. The number of hydrazine groups is 1. The number of halogens is 2. The molecule has 3 aliphatic heterocycles. The van der Waals surface area contributed by atoms with Crippen LogP contribution in [-0.4, -0.2) is 110 Å². The first-order valence-electron chi connectivity index (χ1n) is 17.5. The lowest BCUT2D eigenvalue weighted by atomic mass is 9.88. The smallest absolute Gasteiger partial charge is 0.340 e. The predicted octanol–water partition coefficient (Wildman–Crippen LogP) is 3.72. The molecule has 52 heavy (non-hydrogen) atoms. The zero-order chi connectivity index (χ0) is 36.7. The van der Waals surface area contributed by atoms with E-state index < -0.39 is 52.4 Å². The summed E-state index contributed by atoms with van der Waals surface area (Å²) >= 11 is 0. The van der Waals surface area contributed by atoms with Gasteiger partial charge < -0.3 is 19.9 Å². The molecule has 5 unspecified atom stereocenters. The summed E-state index contributed by atoms with van der Waals surface area (Å²) < 4.78 is 45.5. The summed E-state index contributed by atoms with van der Waals surface area (Å²) in [4.78, 5) is 29.8. The Morgan fingerprint density at radius 3 is 2.52 bits per heavy atom.